The molecule has 0 radical (unpaired) electrons. The van der Waals surface area contributed by atoms with Crippen molar-refractivity contribution in [1.29, 1.82) is 0 Å². The Balaban J connectivity index is 1.75. The van der Waals surface area contributed by atoms with Gasteiger partial charge in [-0.3, -0.25) is 4.79 Å². The van der Waals surface area contributed by atoms with Crippen molar-refractivity contribution >= 4 is 76.6 Å². The van der Waals surface area contributed by atoms with Gasteiger partial charge in [-0.15, -0.1) is 11.3 Å². The Morgan fingerprint density at radius 3 is 2.56 bits per heavy atom. The zero-order valence-electron chi connectivity index (χ0n) is 13.7. The summed E-state index contributed by atoms with van der Waals surface area (Å²) in [5.74, 6) is -0.272. The topological polar surface area (TPSA) is 42.0 Å². The molecule has 1 N–H and O–H groups in total. The molecule has 0 aliphatic rings. The quantitative estimate of drug-likeness (QED) is 0.305. The van der Waals surface area contributed by atoms with Gasteiger partial charge in [0.15, 0.2) is 0 Å². The molecule has 0 fully saturated rings. The normalized spacial score (nSPS) is 10.9. The molecule has 4 aromatic rings. The molecule has 0 saturated carbocycles. The number of nitrogens with one attached hydrogen (secondary N) is 1. The zero-order chi connectivity index (χ0) is 19.0. The average Bonchev–Trinajstić information content (AvgIpc) is 3.09. The van der Waals surface area contributed by atoms with Gasteiger partial charge in [0.2, 0.25) is 0 Å². The van der Waals surface area contributed by atoms with Crippen molar-refractivity contribution in [3.05, 3.63) is 80.2 Å². The summed E-state index contributed by atoms with van der Waals surface area (Å²) in [6, 6.07) is 18.9. The Morgan fingerprint density at radius 1 is 1.00 bits per heavy atom. The van der Waals surface area contributed by atoms with Crippen molar-refractivity contribution in [3.8, 4) is 10.6 Å². The summed E-state index contributed by atoms with van der Waals surface area (Å²) in [5.41, 5.74) is 2.87. The van der Waals surface area contributed by atoms with E-state index in [0.29, 0.717) is 16.3 Å². The van der Waals surface area contributed by atoms with Gasteiger partial charge in [-0.25, -0.2) is 4.98 Å². The Labute approximate surface area is 181 Å². The number of nitrogens with zero attached hydrogens (tertiary/aromatic N) is 1. The third-order valence-electron chi connectivity index (χ3n) is 3.93. The SMILES string of the molecule is O=C(Nc1ccc(Br)cc1-c1nc2ccccc2s1)c1cc(Br)ccc1Cl. The molecular formula is C20H11Br2ClN2OS. The summed E-state index contributed by atoms with van der Waals surface area (Å²) in [5, 5.41) is 4.20. The molecule has 0 bridgehead atoms. The van der Waals surface area contributed by atoms with Crippen molar-refractivity contribution in [3.63, 3.8) is 0 Å². The van der Waals surface area contributed by atoms with E-state index in [4.69, 9.17) is 16.6 Å². The fraction of sp³-hybridized carbons (Fsp3) is 0. The van der Waals surface area contributed by atoms with E-state index < -0.39 is 0 Å². The smallest absolute Gasteiger partial charge is 0.257 e. The average molecular weight is 523 g/mol. The molecule has 0 aliphatic heterocycles. The number of amides is 1. The van der Waals surface area contributed by atoms with Crippen LogP contribution in [0.5, 0.6) is 0 Å². The summed E-state index contributed by atoms with van der Waals surface area (Å²) in [6.07, 6.45) is 0. The molecule has 0 atom stereocenters. The molecule has 134 valence electrons. The monoisotopic (exact) mass is 520 g/mol. The molecule has 0 unspecified atom stereocenters. The van der Waals surface area contributed by atoms with Gasteiger partial charge in [0.05, 0.1) is 26.5 Å². The highest BCUT2D eigenvalue weighted by Crippen LogP contribution is 2.36. The van der Waals surface area contributed by atoms with Crippen LogP contribution < -0.4 is 5.32 Å². The maximum absolute atomic E-state index is 12.8. The number of hydrogen-bond acceptors (Lipinski definition) is 3. The van der Waals surface area contributed by atoms with Crippen LogP contribution in [0.1, 0.15) is 10.4 Å². The molecule has 0 aliphatic carbocycles. The van der Waals surface area contributed by atoms with Crippen molar-refractivity contribution < 1.29 is 4.79 Å². The molecular weight excluding hydrogens is 512 g/mol. The number of carbonyl (C=O) groups is 1. The van der Waals surface area contributed by atoms with Gasteiger partial charge >= 0.3 is 0 Å². The maximum Gasteiger partial charge on any atom is 0.257 e. The van der Waals surface area contributed by atoms with Crippen molar-refractivity contribution in [2.24, 2.45) is 0 Å². The van der Waals surface area contributed by atoms with Crippen LogP contribution in [-0.4, -0.2) is 10.9 Å². The fourth-order valence-corrected chi connectivity index (χ4v) is 4.57. The lowest BCUT2D eigenvalue weighted by Gasteiger charge is -2.11. The molecule has 0 spiro atoms. The summed E-state index contributed by atoms with van der Waals surface area (Å²) in [7, 11) is 0. The van der Waals surface area contributed by atoms with E-state index >= 15 is 0 Å². The summed E-state index contributed by atoms with van der Waals surface area (Å²) in [6.45, 7) is 0. The number of aromatic nitrogens is 1. The molecule has 3 nitrogen and oxygen atoms in total. The minimum Gasteiger partial charge on any atom is -0.321 e. The van der Waals surface area contributed by atoms with Crippen LogP contribution in [0.3, 0.4) is 0 Å². The van der Waals surface area contributed by atoms with Crippen LogP contribution in [0.2, 0.25) is 5.02 Å². The van der Waals surface area contributed by atoms with E-state index in [1.54, 1.807) is 29.5 Å². The second-order valence-electron chi connectivity index (χ2n) is 5.75. The lowest BCUT2D eigenvalue weighted by Crippen LogP contribution is -2.13. The number of benzene rings is 3. The number of carbonyl (C=O) groups excluding carboxylic acids is 1. The lowest BCUT2D eigenvalue weighted by molar-refractivity contribution is 0.102. The molecule has 0 saturated heterocycles. The van der Waals surface area contributed by atoms with Crippen LogP contribution in [0, 0.1) is 0 Å². The largest absolute Gasteiger partial charge is 0.321 e. The highest BCUT2D eigenvalue weighted by molar-refractivity contribution is 9.10. The first-order valence-corrected chi connectivity index (χ1v) is 10.7. The predicted molar refractivity (Wildman–Crippen MR) is 120 cm³/mol. The van der Waals surface area contributed by atoms with Gasteiger partial charge in [-0.2, -0.15) is 0 Å². The van der Waals surface area contributed by atoms with Gasteiger partial charge in [0.1, 0.15) is 5.01 Å². The van der Waals surface area contributed by atoms with E-state index in [9.17, 15) is 4.79 Å². The molecule has 7 heteroatoms. The molecule has 1 aromatic heterocycles. The minimum atomic E-state index is -0.272. The summed E-state index contributed by atoms with van der Waals surface area (Å²) in [4.78, 5) is 17.5. The maximum atomic E-state index is 12.8. The van der Waals surface area contributed by atoms with Gasteiger partial charge in [0, 0.05) is 14.5 Å². The van der Waals surface area contributed by atoms with Crippen molar-refractivity contribution in [1.82, 2.24) is 4.98 Å². The number of fused-ring (bicyclic) bond motifs is 1. The van der Waals surface area contributed by atoms with Crippen molar-refractivity contribution in [2.75, 3.05) is 5.32 Å². The minimum absolute atomic E-state index is 0.272. The number of rotatable bonds is 3. The molecule has 27 heavy (non-hydrogen) atoms. The second kappa shape index (κ2) is 7.72. The number of halogens is 3. The third-order valence-corrected chi connectivity index (χ3v) is 6.31. The van der Waals surface area contributed by atoms with E-state index in [0.717, 1.165) is 29.7 Å². The van der Waals surface area contributed by atoms with Crippen LogP contribution >= 0.6 is 54.8 Å². The van der Waals surface area contributed by atoms with Gasteiger partial charge in [0.25, 0.3) is 5.91 Å². The lowest BCUT2D eigenvalue weighted by atomic mass is 10.1. The van der Waals surface area contributed by atoms with Crippen LogP contribution in [0.15, 0.2) is 69.6 Å². The number of para-hydroxylation sites is 1. The first kappa shape index (κ1) is 18.6. The first-order chi connectivity index (χ1) is 13.0. The summed E-state index contributed by atoms with van der Waals surface area (Å²) >= 11 is 14.7. The number of thiazole rings is 1. The van der Waals surface area contributed by atoms with Gasteiger partial charge < -0.3 is 5.32 Å². The molecule has 4 rings (SSSR count). The Morgan fingerprint density at radius 2 is 1.74 bits per heavy atom. The third kappa shape index (κ3) is 3.94. The van der Waals surface area contributed by atoms with Gasteiger partial charge in [-0.1, -0.05) is 55.6 Å². The van der Waals surface area contributed by atoms with Crippen LogP contribution in [0.25, 0.3) is 20.8 Å². The standard InChI is InChI=1S/C20H11Br2ClN2OS/c21-11-5-7-15(23)13(9-11)19(26)24-16-8-6-12(22)10-14(16)20-25-17-3-1-2-4-18(17)27-20/h1-10H,(H,24,26). The Bertz CT molecular complexity index is 1140. The molecule has 1 heterocycles. The van der Waals surface area contributed by atoms with E-state index in [2.05, 4.69) is 37.2 Å². The Kier molecular flexibility index (Phi) is 5.32. The van der Waals surface area contributed by atoms with Crippen LogP contribution in [-0.2, 0) is 0 Å². The van der Waals surface area contributed by atoms with Crippen molar-refractivity contribution in [2.45, 2.75) is 0 Å². The number of anilines is 1. The molecule has 1 amide bonds. The summed E-state index contributed by atoms with van der Waals surface area (Å²) < 4.78 is 2.80. The zero-order valence-corrected chi connectivity index (χ0v) is 18.4. The van der Waals surface area contributed by atoms with Crippen LogP contribution in [0.4, 0.5) is 5.69 Å². The van der Waals surface area contributed by atoms with E-state index in [-0.39, 0.29) is 5.91 Å². The highest BCUT2D eigenvalue weighted by atomic mass is 79.9. The molecule has 3 aromatic carbocycles. The van der Waals surface area contributed by atoms with E-state index in [1.165, 1.54) is 0 Å². The highest BCUT2D eigenvalue weighted by Gasteiger charge is 2.16. The van der Waals surface area contributed by atoms with E-state index in [1.807, 2.05) is 42.5 Å². The van der Waals surface area contributed by atoms with Gasteiger partial charge in [-0.05, 0) is 48.5 Å². The first-order valence-electron chi connectivity index (χ1n) is 7.93. The second-order valence-corrected chi connectivity index (χ2v) is 9.02. The fourth-order valence-electron chi connectivity index (χ4n) is 2.65. The predicted octanol–water partition coefficient (Wildman–Crippen LogP) is 7.39. The Hall–Kier alpha value is -1.73. The number of hydrogen-bond donors (Lipinski definition) is 1.